The second kappa shape index (κ2) is 8.96. The number of rotatable bonds is 6. The number of hydrogen-bond donors (Lipinski definition) is 3. The Morgan fingerprint density at radius 2 is 2.15 bits per heavy atom. The van der Waals surface area contributed by atoms with Crippen molar-refractivity contribution in [2.45, 2.75) is 24.2 Å². The molecule has 2 amide bonds. The molecule has 0 radical (unpaired) electrons. The van der Waals surface area contributed by atoms with Crippen LogP contribution in [0.1, 0.15) is 18.9 Å². The van der Waals surface area contributed by atoms with Gasteiger partial charge < -0.3 is 14.0 Å². The van der Waals surface area contributed by atoms with Crippen LogP contribution in [0.15, 0.2) is 24.3 Å². The third kappa shape index (κ3) is 4.84. The van der Waals surface area contributed by atoms with E-state index in [4.69, 9.17) is 14.7 Å². The summed E-state index contributed by atoms with van der Waals surface area (Å²) in [6.45, 7) is 1.62. The molecule has 3 N–H and O–H groups in total. The Bertz CT molecular complexity index is 787. The number of cyclic esters (lactones) is 1. The van der Waals surface area contributed by atoms with Crippen LogP contribution in [0.2, 0.25) is 0 Å². The zero-order valence-corrected chi connectivity index (χ0v) is 15.6. The van der Waals surface area contributed by atoms with E-state index < -0.39 is 33.9 Å². The topological polar surface area (TPSA) is 125 Å². The highest BCUT2D eigenvalue weighted by Crippen LogP contribution is 2.28. The van der Waals surface area contributed by atoms with Crippen molar-refractivity contribution >= 4 is 28.8 Å². The summed E-state index contributed by atoms with van der Waals surface area (Å²) < 4.78 is 29.2. The number of carbonyl (C=O) groups excluding carboxylic acids is 2. The van der Waals surface area contributed by atoms with Gasteiger partial charge in [-0.3, -0.25) is 14.9 Å². The Labute approximate surface area is 158 Å². The van der Waals surface area contributed by atoms with Gasteiger partial charge in [-0.25, -0.2) is 14.5 Å². The molecule has 10 heteroatoms. The van der Waals surface area contributed by atoms with Crippen molar-refractivity contribution in [3.8, 4) is 11.8 Å². The van der Waals surface area contributed by atoms with Crippen LogP contribution in [0, 0.1) is 11.8 Å². The summed E-state index contributed by atoms with van der Waals surface area (Å²) in [6.07, 6.45) is -1.66. The first-order valence-corrected chi connectivity index (χ1v) is 9.04. The molecule has 2 rings (SSSR count). The van der Waals surface area contributed by atoms with E-state index in [0.717, 1.165) is 5.56 Å². The quantitative estimate of drug-likeness (QED) is 0.282. The lowest BCUT2D eigenvalue weighted by Gasteiger charge is -2.25. The van der Waals surface area contributed by atoms with E-state index in [-0.39, 0.29) is 13.0 Å². The Hall–Kier alpha value is -2.45. The molecule has 1 aliphatic rings. The van der Waals surface area contributed by atoms with Crippen LogP contribution in [0.4, 0.5) is 10.5 Å². The van der Waals surface area contributed by atoms with Crippen molar-refractivity contribution < 1.29 is 33.0 Å². The van der Waals surface area contributed by atoms with E-state index in [0.29, 0.717) is 12.3 Å². The number of hydrogen-bond acceptors (Lipinski definition) is 6. The Balaban J connectivity index is 2.10. The van der Waals surface area contributed by atoms with Crippen molar-refractivity contribution in [2.75, 3.05) is 25.2 Å². The van der Waals surface area contributed by atoms with Gasteiger partial charge in [-0.05, 0) is 31.2 Å². The van der Waals surface area contributed by atoms with E-state index in [1.54, 1.807) is 31.4 Å². The maximum absolute atomic E-state index is 12.1. The molecule has 1 heterocycles. The first-order chi connectivity index (χ1) is 12.8. The van der Waals surface area contributed by atoms with Crippen molar-refractivity contribution in [3.63, 3.8) is 0 Å². The molecule has 1 saturated heterocycles. The van der Waals surface area contributed by atoms with Gasteiger partial charge in [0.05, 0.1) is 6.54 Å². The highest BCUT2D eigenvalue weighted by atomic mass is 32.2. The lowest BCUT2D eigenvalue weighted by molar-refractivity contribution is -0.132. The zero-order chi connectivity index (χ0) is 20.0. The zero-order valence-electron chi connectivity index (χ0n) is 14.8. The van der Waals surface area contributed by atoms with Gasteiger partial charge in [0, 0.05) is 24.8 Å². The molecule has 9 nitrogen and oxygen atoms in total. The maximum Gasteiger partial charge on any atom is 0.414 e. The molecule has 1 unspecified atom stereocenters. The van der Waals surface area contributed by atoms with Crippen LogP contribution in [-0.2, 0) is 25.3 Å². The number of anilines is 1. The molecule has 1 aromatic rings. The molecule has 0 aromatic heterocycles. The summed E-state index contributed by atoms with van der Waals surface area (Å²) in [5.74, 6) is 4.70. The van der Waals surface area contributed by atoms with Crippen molar-refractivity contribution in [3.05, 3.63) is 29.8 Å². The summed E-state index contributed by atoms with van der Waals surface area (Å²) in [6, 6.07) is 6.88. The van der Waals surface area contributed by atoms with E-state index in [9.17, 15) is 18.4 Å². The van der Waals surface area contributed by atoms with E-state index >= 15 is 0 Å². The van der Waals surface area contributed by atoms with Gasteiger partial charge in [-0.15, -0.1) is 0 Å². The smallest absolute Gasteiger partial charge is 0.414 e. The molecule has 1 aromatic carbocycles. The highest BCUT2D eigenvalue weighted by Gasteiger charge is 2.45. The number of carbonyl (C=O) groups is 2. The van der Waals surface area contributed by atoms with Crippen LogP contribution in [0.25, 0.3) is 0 Å². The third-order valence-corrected chi connectivity index (χ3v) is 5.21. The second-order valence-electron chi connectivity index (χ2n) is 6.02. The van der Waals surface area contributed by atoms with Gasteiger partial charge in [0.1, 0.15) is 12.7 Å². The summed E-state index contributed by atoms with van der Waals surface area (Å²) in [4.78, 5) is 25.3. The van der Waals surface area contributed by atoms with Crippen LogP contribution in [0.3, 0.4) is 0 Å². The summed E-state index contributed by atoms with van der Waals surface area (Å²) in [5.41, 5.74) is 2.69. The molecule has 1 fully saturated rings. The average molecular weight is 396 g/mol. The number of amides is 2. The number of hydroxylamine groups is 1. The number of nitrogens with one attached hydrogen (secondary N) is 1. The molecule has 0 aliphatic carbocycles. The Morgan fingerprint density at radius 3 is 2.70 bits per heavy atom. The number of benzene rings is 1. The number of ether oxygens (including phenoxy) is 2. The summed E-state index contributed by atoms with van der Waals surface area (Å²) >= 11 is -2.58. The Morgan fingerprint density at radius 1 is 1.48 bits per heavy atom. The predicted octanol–water partition coefficient (Wildman–Crippen LogP) is 0.886. The molecular formula is C17H20N2O7S. The third-order valence-electron chi connectivity index (χ3n) is 4.09. The number of nitrogens with zero attached hydrogens (tertiary/aromatic N) is 1. The molecule has 27 heavy (non-hydrogen) atoms. The standard InChI is InChI=1S/C17H20N2O7S/c1-17(27(23)24,15(20)18-22)10-14-11-19(16(21)26-14)13-7-5-12(6-8-13)4-3-9-25-2/h5-8,14,22H,9-11H2,1-2H3,(H,18,20)(H,23,24)/t14-,17+/m0/s1. The molecule has 0 bridgehead atoms. The SMILES string of the molecule is COCC#Cc1ccc(N2C[C@H](C[C@](C)(C(=O)NO)S(=O)O)OC2=O)cc1. The van der Waals surface area contributed by atoms with Gasteiger partial charge in [-0.2, -0.15) is 0 Å². The monoisotopic (exact) mass is 396 g/mol. The minimum Gasteiger partial charge on any atom is -0.444 e. The lowest BCUT2D eigenvalue weighted by atomic mass is 10.0. The van der Waals surface area contributed by atoms with Crippen LogP contribution in [0.5, 0.6) is 0 Å². The van der Waals surface area contributed by atoms with E-state index in [1.807, 2.05) is 0 Å². The van der Waals surface area contributed by atoms with Crippen LogP contribution in [-0.4, -0.2) is 57.1 Å². The van der Waals surface area contributed by atoms with Crippen molar-refractivity contribution in [2.24, 2.45) is 0 Å². The molecule has 146 valence electrons. The van der Waals surface area contributed by atoms with Crippen molar-refractivity contribution in [1.29, 1.82) is 0 Å². The predicted molar refractivity (Wildman–Crippen MR) is 96.5 cm³/mol. The largest absolute Gasteiger partial charge is 0.444 e. The molecule has 0 saturated carbocycles. The Kier molecular flexibility index (Phi) is 6.92. The molecular weight excluding hydrogens is 376 g/mol. The first-order valence-electron chi connectivity index (χ1n) is 7.93. The van der Waals surface area contributed by atoms with Gasteiger partial charge in [0.25, 0.3) is 5.91 Å². The maximum atomic E-state index is 12.1. The first kappa shape index (κ1) is 20.9. The average Bonchev–Trinajstić information content (AvgIpc) is 3.01. The second-order valence-corrected chi connectivity index (χ2v) is 7.42. The van der Waals surface area contributed by atoms with E-state index in [1.165, 1.54) is 17.3 Å². The minimum absolute atomic E-state index is 0.0963. The van der Waals surface area contributed by atoms with Crippen LogP contribution < -0.4 is 10.4 Å². The highest BCUT2D eigenvalue weighted by molar-refractivity contribution is 7.81. The van der Waals surface area contributed by atoms with Gasteiger partial charge in [-0.1, -0.05) is 11.8 Å². The molecule has 0 spiro atoms. The van der Waals surface area contributed by atoms with Gasteiger partial charge in [0.2, 0.25) is 0 Å². The minimum atomic E-state index is -2.58. The molecule has 3 atom stereocenters. The normalized spacial score (nSPS) is 19.5. The molecule has 1 aliphatic heterocycles. The fourth-order valence-electron chi connectivity index (χ4n) is 2.57. The summed E-state index contributed by atoms with van der Waals surface area (Å²) in [7, 11) is 1.55. The van der Waals surface area contributed by atoms with Crippen LogP contribution >= 0.6 is 0 Å². The fourth-order valence-corrected chi connectivity index (χ4v) is 3.10. The van der Waals surface area contributed by atoms with Gasteiger partial charge in [0.15, 0.2) is 15.8 Å². The fraction of sp³-hybridized carbons (Fsp3) is 0.412. The van der Waals surface area contributed by atoms with Gasteiger partial charge >= 0.3 is 6.09 Å². The van der Waals surface area contributed by atoms with E-state index in [2.05, 4.69) is 11.8 Å². The number of methoxy groups -OCH3 is 1. The summed E-state index contributed by atoms with van der Waals surface area (Å²) in [5, 5.41) is 8.80. The lowest BCUT2D eigenvalue weighted by Crippen LogP contribution is -2.49. The van der Waals surface area contributed by atoms with Crippen molar-refractivity contribution in [1.82, 2.24) is 5.48 Å².